The molecule has 0 aliphatic rings. The number of sulfone groups is 1. The summed E-state index contributed by atoms with van der Waals surface area (Å²) in [6.07, 6.45) is 6.74. The number of benzene rings is 1. The summed E-state index contributed by atoms with van der Waals surface area (Å²) in [7, 11) is -3.30. The Bertz CT molecular complexity index is 678. The van der Waals surface area contributed by atoms with E-state index in [1.807, 2.05) is 12.1 Å². The van der Waals surface area contributed by atoms with E-state index in [-0.39, 0.29) is 5.75 Å². The molecule has 0 bridgehead atoms. The Morgan fingerprint density at radius 2 is 1.70 bits per heavy atom. The highest BCUT2D eigenvalue weighted by molar-refractivity contribution is 7.91. The van der Waals surface area contributed by atoms with E-state index in [0.717, 1.165) is 11.1 Å². The third-order valence-corrected chi connectivity index (χ3v) is 4.47. The van der Waals surface area contributed by atoms with E-state index in [9.17, 15) is 8.42 Å². The number of rotatable bonds is 5. The number of nitrogens with two attached hydrogens (primary N) is 1. The van der Waals surface area contributed by atoms with Crippen molar-refractivity contribution in [3.63, 3.8) is 0 Å². The molecule has 0 aliphatic heterocycles. The van der Waals surface area contributed by atoms with Crippen LogP contribution in [0.15, 0.2) is 59.8 Å². The van der Waals surface area contributed by atoms with Gasteiger partial charge in [0.05, 0.1) is 10.6 Å². The lowest BCUT2D eigenvalue weighted by Crippen LogP contribution is -2.05. The molecule has 1 aromatic carbocycles. The van der Waals surface area contributed by atoms with Crippen molar-refractivity contribution in [1.82, 2.24) is 4.98 Å². The van der Waals surface area contributed by atoms with E-state index in [1.54, 1.807) is 48.8 Å². The summed E-state index contributed by atoms with van der Waals surface area (Å²) < 4.78 is 24.3. The van der Waals surface area contributed by atoms with Crippen molar-refractivity contribution in [2.24, 2.45) is 5.73 Å². The molecule has 0 saturated carbocycles. The zero-order chi connectivity index (χ0) is 14.4. The molecule has 20 heavy (non-hydrogen) atoms. The van der Waals surface area contributed by atoms with Gasteiger partial charge in [-0.1, -0.05) is 24.3 Å². The van der Waals surface area contributed by atoms with Crippen LogP contribution in [0.4, 0.5) is 0 Å². The molecule has 0 radical (unpaired) electrons. The van der Waals surface area contributed by atoms with Crippen LogP contribution in [-0.4, -0.2) is 19.2 Å². The lowest BCUT2D eigenvalue weighted by molar-refractivity contribution is 0.599. The molecule has 2 aromatic rings. The molecule has 1 aromatic heterocycles. The molecule has 0 fully saturated rings. The number of hydrogen-bond acceptors (Lipinski definition) is 4. The van der Waals surface area contributed by atoms with Crippen molar-refractivity contribution in [3.8, 4) is 0 Å². The van der Waals surface area contributed by atoms with E-state index >= 15 is 0 Å². The van der Waals surface area contributed by atoms with Crippen molar-refractivity contribution in [1.29, 1.82) is 0 Å². The lowest BCUT2D eigenvalue weighted by Gasteiger charge is -2.02. The quantitative estimate of drug-likeness (QED) is 0.913. The first-order valence-electron chi connectivity index (χ1n) is 6.20. The minimum atomic E-state index is -3.30. The average Bonchev–Trinajstić information content (AvgIpc) is 2.48. The first-order valence-corrected chi connectivity index (χ1v) is 7.85. The standard InChI is InChI=1S/C15H16N2O2S/c16-12-14-3-5-15(6-4-14)20(18,19)11-1-2-13-7-9-17-10-8-13/h1-10H,11-12,16H2. The van der Waals surface area contributed by atoms with Crippen LogP contribution in [0, 0.1) is 0 Å². The largest absolute Gasteiger partial charge is 0.326 e. The van der Waals surface area contributed by atoms with Crippen LogP contribution in [0.5, 0.6) is 0 Å². The molecule has 0 atom stereocenters. The molecule has 2 N–H and O–H groups in total. The van der Waals surface area contributed by atoms with Gasteiger partial charge in [-0.15, -0.1) is 0 Å². The van der Waals surface area contributed by atoms with Gasteiger partial charge in [-0.3, -0.25) is 4.98 Å². The Hall–Kier alpha value is -1.98. The van der Waals surface area contributed by atoms with Gasteiger partial charge in [-0.25, -0.2) is 8.42 Å². The zero-order valence-electron chi connectivity index (χ0n) is 10.9. The average molecular weight is 288 g/mol. The van der Waals surface area contributed by atoms with Crippen LogP contribution in [0.1, 0.15) is 11.1 Å². The van der Waals surface area contributed by atoms with Gasteiger partial charge in [0.25, 0.3) is 0 Å². The minimum absolute atomic E-state index is 0.0305. The highest BCUT2D eigenvalue weighted by Crippen LogP contribution is 2.13. The third-order valence-electron chi connectivity index (χ3n) is 2.85. The lowest BCUT2D eigenvalue weighted by atomic mass is 10.2. The number of pyridine rings is 1. The fourth-order valence-corrected chi connectivity index (χ4v) is 2.81. The van der Waals surface area contributed by atoms with E-state index in [0.29, 0.717) is 11.4 Å². The number of nitrogens with zero attached hydrogens (tertiary/aromatic N) is 1. The summed E-state index contributed by atoms with van der Waals surface area (Å²) in [5.41, 5.74) is 7.33. The Morgan fingerprint density at radius 1 is 1.05 bits per heavy atom. The van der Waals surface area contributed by atoms with E-state index in [1.165, 1.54) is 0 Å². The fourth-order valence-electron chi connectivity index (χ4n) is 1.71. The maximum Gasteiger partial charge on any atom is 0.181 e. The van der Waals surface area contributed by atoms with Crippen molar-refractivity contribution in [3.05, 3.63) is 66.0 Å². The summed E-state index contributed by atoms with van der Waals surface area (Å²) in [4.78, 5) is 4.22. The molecule has 0 aliphatic carbocycles. The molecule has 5 heteroatoms. The van der Waals surface area contributed by atoms with E-state index in [2.05, 4.69) is 4.98 Å². The second kappa shape index (κ2) is 6.45. The molecule has 0 spiro atoms. The van der Waals surface area contributed by atoms with Gasteiger partial charge in [0.15, 0.2) is 9.84 Å². The number of aromatic nitrogens is 1. The van der Waals surface area contributed by atoms with Crippen molar-refractivity contribution >= 4 is 15.9 Å². The van der Waals surface area contributed by atoms with Gasteiger partial charge in [-0.2, -0.15) is 0 Å². The highest BCUT2D eigenvalue weighted by atomic mass is 32.2. The Kier molecular flexibility index (Phi) is 4.65. The maximum absolute atomic E-state index is 12.1. The molecule has 104 valence electrons. The smallest absolute Gasteiger partial charge is 0.181 e. The highest BCUT2D eigenvalue weighted by Gasteiger charge is 2.11. The molecule has 0 amide bonds. The van der Waals surface area contributed by atoms with Crippen molar-refractivity contribution in [2.75, 3.05) is 5.75 Å². The van der Waals surface area contributed by atoms with Crippen LogP contribution >= 0.6 is 0 Å². The van der Waals surface area contributed by atoms with E-state index in [4.69, 9.17) is 5.73 Å². The van der Waals surface area contributed by atoms with Gasteiger partial charge < -0.3 is 5.73 Å². The Labute approximate surface area is 118 Å². The predicted octanol–water partition coefficient (Wildman–Crippen LogP) is 2.03. The van der Waals surface area contributed by atoms with Gasteiger partial charge in [0, 0.05) is 18.9 Å². The third kappa shape index (κ3) is 3.76. The van der Waals surface area contributed by atoms with E-state index < -0.39 is 9.84 Å². The first kappa shape index (κ1) is 14.4. The molecular weight excluding hydrogens is 272 g/mol. The van der Waals surface area contributed by atoms with Gasteiger partial charge >= 0.3 is 0 Å². The molecule has 0 unspecified atom stereocenters. The van der Waals surface area contributed by atoms with Crippen LogP contribution in [0.3, 0.4) is 0 Å². The van der Waals surface area contributed by atoms with Gasteiger partial charge in [0.1, 0.15) is 0 Å². The van der Waals surface area contributed by atoms with Gasteiger partial charge in [-0.05, 0) is 35.4 Å². The SMILES string of the molecule is NCc1ccc(S(=O)(=O)CC=Cc2ccncc2)cc1. The monoisotopic (exact) mass is 288 g/mol. The summed E-state index contributed by atoms with van der Waals surface area (Å²) >= 11 is 0. The molecule has 4 nitrogen and oxygen atoms in total. The van der Waals surface area contributed by atoms with Crippen molar-refractivity contribution in [2.45, 2.75) is 11.4 Å². The topological polar surface area (TPSA) is 73.1 Å². The van der Waals surface area contributed by atoms with Gasteiger partial charge in [0.2, 0.25) is 0 Å². The van der Waals surface area contributed by atoms with Crippen LogP contribution in [-0.2, 0) is 16.4 Å². The second-order valence-electron chi connectivity index (χ2n) is 4.31. The zero-order valence-corrected chi connectivity index (χ0v) is 11.8. The van der Waals surface area contributed by atoms with Crippen LogP contribution in [0.25, 0.3) is 6.08 Å². The molecule has 1 heterocycles. The maximum atomic E-state index is 12.1. The predicted molar refractivity (Wildman–Crippen MR) is 79.7 cm³/mol. The number of hydrogen-bond donors (Lipinski definition) is 1. The Balaban J connectivity index is 2.09. The second-order valence-corrected chi connectivity index (χ2v) is 6.35. The normalized spacial score (nSPS) is 11.8. The first-order chi connectivity index (χ1) is 9.62. The Morgan fingerprint density at radius 3 is 2.30 bits per heavy atom. The molecule has 0 saturated heterocycles. The summed E-state index contributed by atoms with van der Waals surface area (Å²) in [5.74, 6) is -0.0305. The minimum Gasteiger partial charge on any atom is -0.326 e. The van der Waals surface area contributed by atoms with Crippen LogP contribution < -0.4 is 5.73 Å². The summed E-state index contributed by atoms with van der Waals surface area (Å²) in [6, 6.07) is 10.3. The summed E-state index contributed by atoms with van der Waals surface area (Å²) in [6.45, 7) is 0.405. The fraction of sp³-hybridized carbons (Fsp3) is 0.133. The summed E-state index contributed by atoms with van der Waals surface area (Å²) in [5, 5.41) is 0. The van der Waals surface area contributed by atoms with Crippen LogP contribution in [0.2, 0.25) is 0 Å². The molecular formula is C15H16N2O2S. The molecule has 2 rings (SSSR count). The van der Waals surface area contributed by atoms with Crippen molar-refractivity contribution < 1.29 is 8.42 Å².